The van der Waals surface area contributed by atoms with E-state index in [2.05, 4.69) is 10.4 Å². The summed E-state index contributed by atoms with van der Waals surface area (Å²) in [5, 5.41) is 7.00. The van der Waals surface area contributed by atoms with Crippen LogP contribution in [0.25, 0.3) is 0 Å². The Balaban J connectivity index is 1.53. The Morgan fingerprint density at radius 1 is 1.32 bits per heavy atom. The minimum absolute atomic E-state index is 0.0674. The second kappa shape index (κ2) is 6.23. The average Bonchev–Trinajstić information content (AvgIpc) is 3.39. The maximum atomic E-state index is 12.7. The zero-order valence-electron chi connectivity index (χ0n) is 14.1. The molecule has 0 atom stereocenters. The van der Waals surface area contributed by atoms with Gasteiger partial charge in [0.25, 0.3) is 5.91 Å². The van der Waals surface area contributed by atoms with Crippen molar-refractivity contribution in [2.75, 3.05) is 18.5 Å². The molecule has 130 valence electrons. The van der Waals surface area contributed by atoms with Crippen molar-refractivity contribution in [2.45, 2.75) is 19.4 Å². The second-order valence-corrected chi connectivity index (χ2v) is 6.56. The summed E-state index contributed by atoms with van der Waals surface area (Å²) in [7, 11) is 1.78. The van der Waals surface area contributed by atoms with Crippen LogP contribution in [0.5, 0.6) is 5.75 Å². The Hall–Kier alpha value is -2.83. The highest BCUT2D eigenvalue weighted by molar-refractivity contribution is 5.95. The zero-order chi connectivity index (χ0) is 17.4. The molecule has 1 aromatic heterocycles. The summed E-state index contributed by atoms with van der Waals surface area (Å²) in [6.07, 6.45) is 5.21. The van der Waals surface area contributed by atoms with E-state index in [1.54, 1.807) is 29.0 Å². The van der Waals surface area contributed by atoms with E-state index in [4.69, 9.17) is 4.74 Å². The molecule has 0 unspecified atom stereocenters. The number of aryl methyl sites for hydroxylation is 1. The Bertz CT molecular complexity index is 825. The van der Waals surface area contributed by atoms with Crippen LogP contribution < -0.4 is 10.1 Å². The van der Waals surface area contributed by atoms with Gasteiger partial charge in [0.1, 0.15) is 12.4 Å². The Morgan fingerprint density at radius 2 is 2.16 bits per heavy atom. The predicted octanol–water partition coefficient (Wildman–Crippen LogP) is 1.80. The van der Waals surface area contributed by atoms with Crippen LogP contribution in [0, 0.1) is 5.92 Å². The fraction of sp³-hybridized carbons (Fsp3) is 0.389. The zero-order valence-corrected chi connectivity index (χ0v) is 14.1. The molecular weight excluding hydrogens is 320 g/mol. The lowest BCUT2D eigenvalue weighted by Crippen LogP contribution is -2.32. The van der Waals surface area contributed by atoms with Crippen LogP contribution in [0.3, 0.4) is 0 Å². The van der Waals surface area contributed by atoms with Gasteiger partial charge in [-0.1, -0.05) is 0 Å². The van der Waals surface area contributed by atoms with Gasteiger partial charge in [-0.15, -0.1) is 0 Å². The van der Waals surface area contributed by atoms with Gasteiger partial charge in [0.15, 0.2) is 0 Å². The molecule has 25 heavy (non-hydrogen) atoms. The molecule has 1 aromatic carbocycles. The molecule has 2 aromatic rings. The van der Waals surface area contributed by atoms with Gasteiger partial charge >= 0.3 is 0 Å². The van der Waals surface area contributed by atoms with E-state index < -0.39 is 0 Å². The van der Waals surface area contributed by atoms with E-state index in [1.165, 1.54) is 0 Å². The highest BCUT2D eigenvalue weighted by atomic mass is 16.5. The molecular formula is C18H20N4O3. The molecule has 1 aliphatic carbocycles. The molecule has 0 saturated heterocycles. The van der Waals surface area contributed by atoms with Crippen molar-refractivity contribution in [3.05, 3.63) is 41.7 Å². The summed E-state index contributed by atoms with van der Waals surface area (Å²) < 4.78 is 7.37. The molecule has 7 nitrogen and oxygen atoms in total. The maximum absolute atomic E-state index is 12.7. The third-order valence-corrected chi connectivity index (χ3v) is 4.50. The van der Waals surface area contributed by atoms with Crippen LogP contribution >= 0.6 is 0 Å². The number of fused-ring (bicyclic) bond motifs is 1. The first-order valence-corrected chi connectivity index (χ1v) is 8.44. The number of aromatic nitrogens is 2. The highest BCUT2D eigenvalue weighted by Crippen LogP contribution is 2.31. The summed E-state index contributed by atoms with van der Waals surface area (Å²) in [5.74, 6) is 0.902. The molecule has 1 saturated carbocycles. The van der Waals surface area contributed by atoms with Crippen LogP contribution in [0.4, 0.5) is 5.69 Å². The summed E-state index contributed by atoms with van der Waals surface area (Å²) >= 11 is 0. The molecule has 0 spiro atoms. The van der Waals surface area contributed by atoms with Gasteiger partial charge in [0.2, 0.25) is 5.91 Å². The fourth-order valence-electron chi connectivity index (χ4n) is 2.95. The third kappa shape index (κ3) is 3.35. The number of nitrogens with one attached hydrogen (secondary N) is 1. The first kappa shape index (κ1) is 15.7. The van der Waals surface area contributed by atoms with Gasteiger partial charge in [-0.05, 0) is 31.0 Å². The number of carbonyl (C=O) groups is 2. The minimum atomic E-state index is -0.0723. The van der Waals surface area contributed by atoms with Crippen LogP contribution in [-0.4, -0.2) is 39.6 Å². The molecule has 2 amide bonds. The standard InChI is InChI=1S/C18H20N4O3/c1-21-10-14(9-19-21)18(24)22-6-7-25-16-5-4-15(8-13(16)11-22)20-17(23)12-2-3-12/h4-5,8-10,12H,2-3,6-7,11H2,1H3,(H,20,23). The van der Waals surface area contributed by atoms with E-state index in [9.17, 15) is 9.59 Å². The predicted molar refractivity (Wildman–Crippen MR) is 91.2 cm³/mol. The van der Waals surface area contributed by atoms with Gasteiger partial charge in [-0.25, -0.2) is 0 Å². The molecule has 1 fully saturated rings. The number of carbonyl (C=O) groups excluding carboxylic acids is 2. The maximum Gasteiger partial charge on any atom is 0.257 e. The monoisotopic (exact) mass is 340 g/mol. The average molecular weight is 340 g/mol. The lowest BCUT2D eigenvalue weighted by atomic mass is 10.1. The van der Waals surface area contributed by atoms with E-state index in [0.29, 0.717) is 25.3 Å². The topological polar surface area (TPSA) is 76.5 Å². The number of amides is 2. The van der Waals surface area contributed by atoms with Crippen molar-refractivity contribution < 1.29 is 14.3 Å². The number of rotatable bonds is 3. The Kier molecular flexibility index (Phi) is 3.91. The summed E-state index contributed by atoms with van der Waals surface area (Å²) in [5.41, 5.74) is 2.20. The number of ether oxygens (including phenoxy) is 1. The lowest BCUT2D eigenvalue weighted by Gasteiger charge is -2.19. The largest absolute Gasteiger partial charge is 0.491 e. The van der Waals surface area contributed by atoms with E-state index >= 15 is 0 Å². The smallest absolute Gasteiger partial charge is 0.257 e. The van der Waals surface area contributed by atoms with Crippen LogP contribution in [-0.2, 0) is 18.4 Å². The Morgan fingerprint density at radius 3 is 2.88 bits per heavy atom. The van der Waals surface area contributed by atoms with Crippen LogP contribution in [0.1, 0.15) is 28.8 Å². The number of hydrogen-bond acceptors (Lipinski definition) is 4. The molecule has 4 rings (SSSR count). The van der Waals surface area contributed by atoms with Gasteiger partial charge < -0.3 is 15.0 Å². The Labute approximate surface area is 145 Å². The molecule has 7 heteroatoms. The first-order chi connectivity index (χ1) is 12.1. The highest BCUT2D eigenvalue weighted by Gasteiger charge is 2.30. The fourth-order valence-corrected chi connectivity index (χ4v) is 2.95. The lowest BCUT2D eigenvalue weighted by molar-refractivity contribution is -0.117. The number of anilines is 1. The second-order valence-electron chi connectivity index (χ2n) is 6.56. The van der Waals surface area contributed by atoms with Gasteiger partial charge in [-0.3, -0.25) is 14.3 Å². The molecule has 0 radical (unpaired) electrons. The van der Waals surface area contributed by atoms with Crippen molar-refractivity contribution in [1.29, 1.82) is 0 Å². The van der Waals surface area contributed by atoms with Crippen molar-refractivity contribution >= 4 is 17.5 Å². The van der Waals surface area contributed by atoms with Crippen molar-refractivity contribution in [1.82, 2.24) is 14.7 Å². The van der Waals surface area contributed by atoms with Gasteiger partial charge in [-0.2, -0.15) is 5.10 Å². The van der Waals surface area contributed by atoms with Gasteiger partial charge in [0.05, 0.1) is 18.3 Å². The third-order valence-electron chi connectivity index (χ3n) is 4.50. The quantitative estimate of drug-likeness (QED) is 0.924. The molecule has 2 aliphatic rings. The summed E-state index contributed by atoms with van der Waals surface area (Å²) in [6, 6.07) is 5.60. The summed E-state index contributed by atoms with van der Waals surface area (Å²) in [6.45, 7) is 1.38. The van der Waals surface area contributed by atoms with Crippen molar-refractivity contribution in [3.8, 4) is 5.75 Å². The van der Waals surface area contributed by atoms with Crippen LogP contribution in [0.15, 0.2) is 30.6 Å². The molecule has 2 heterocycles. The normalized spacial score (nSPS) is 16.6. The van der Waals surface area contributed by atoms with E-state index in [0.717, 1.165) is 29.8 Å². The number of hydrogen-bond donors (Lipinski definition) is 1. The van der Waals surface area contributed by atoms with Crippen molar-refractivity contribution in [2.24, 2.45) is 13.0 Å². The SMILES string of the molecule is Cn1cc(C(=O)N2CCOc3ccc(NC(=O)C4CC4)cc3C2)cn1. The molecule has 1 aliphatic heterocycles. The molecule has 1 N–H and O–H groups in total. The van der Waals surface area contributed by atoms with E-state index in [-0.39, 0.29) is 17.7 Å². The molecule has 0 bridgehead atoms. The van der Waals surface area contributed by atoms with E-state index in [1.807, 2.05) is 18.2 Å². The minimum Gasteiger partial charge on any atom is -0.491 e. The van der Waals surface area contributed by atoms with Crippen molar-refractivity contribution in [3.63, 3.8) is 0 Å². The summed E-state index contributed by atoms with van der Waals surface area (Å²) in [4.78, 5) is 26.4. The first-order valence-electron chi connectivity index (χ1n) is 8.44. The van der Waals surface area contributed by atoms with Gasteiger partial charge in [0, 0.05) is 37.0 Å². The number of benzene rings is 1. The van der Waals surface area contributed by atoms with Crippen LogP contribution in [0.2, 0.25) is 0 Å². The number of nitrogens with zero attached hydrogens (tertiary/aromatic N) is 3.